The summed E-state index contributed by atoms with van der Waals surface area (Å²) in [6.07, 6.45) is 7.33. The van der Waals surface area contributed by atoms with E-state index in [0.717, 1.165) is 81.8 Å². The molecule has 8 aliphatic heterocycles. The summed E-state index contributed by atoms with van der Waals surface area (Å²) < 4.78 is 0. The van der Waals surface area contributed by atoms with E-state index in [0.29, 0.717) is 31.0 Å². The lowest BCUT2D eigenvalue weighted by Crippen LogP contribution is -2.63. The van der Waals surface area contributed by atoms with E-state index in [1.807, 2.05) is 30.3 Å². The molecule has 1 aromatic rings. The first kappa shape index (κ1) is 47.3. The fourth-order valence-electron chi connectivity index (χ4n) is 9.07. The van der Waals surface area contributed by atoms with Gasteiger partial charge in [0.2, 0.25) is 47.3 Å². The second-order valence-corrected chi connectivity index (χ2v) is 18.2. The minimum absolute atomic E-state index is 0.00744. The lowest BCUT2D eigenvalue weighted by Gasteiger charge is -2.34. The summed E-state index contributed by atoms with van der Waals surface area (Å²) in [5, 5.41) is 20.8. The lowest BCUT2D eigenvalue weighted by molar-refractivity contribution is -0.146. The number of piperazine rings is 4. The van der Waals surface area contributed by atoms with Crippen molar-refractivity contribution >= 4 is 94.1 Å². The Morgan fingerprint density at radius 1 is 0.635 bits per heavy atom. The van der Waals surface area contributed by atoms with Gasteiger partial charge in [0.15, 0.2) is 10.3 Å². The van der Waals surface area contributed by atoms with E-state index in [1.54, 1.807) is 19.6 Å². The predicted molar refractivity (Wildman–Crippen MR) is 240 cm³/mol. The number of benzene rings is 1. The molecule has 1 aromatic carbocycles. The van der Waals surface area contributed by atoms with Crippen LogP contribution in [0, 0.1) is 5.41 Å². The molecule has 342 valence electrons. The van der Waals surface area contributed by atoms with Gasteiger partial charge in [-0.05, 0) is 69.1 Å². The highest BCUT2D eigenvalue weighted by molar-refractivity contribution is 8.13. The first-order valence-corrected chi connectivity index (χ1v) is 23.3. The first-order valence-electron chi connectivity index (χ1n) is 21.3. The summed E-state index contributed by atoms with van der Waals surface area (Å²) in [5.74, 6) is 0.554. The van der Waals surface area contributed by atoms with Gasteiger partial charge in [0.25, 0.3) is 0 Å². The maximum atomic E-state index is 12.3. The SMILES string of the molecule is N=C(N)SC[C@@H]1NC(=O)[C@@H]2CCCN2C1=O.NC(=S)NC[C@@H]1NC(=O)[C@@H]2CCCN2C1=O.O=C1N[C@@H](CS)C(=O)N2CCC[C@@H]12.O=C1N[C@@H](Cc2ccccc2)C(=O)N2CCC[C@@H]12. The van der Waals surface area contributed by atoms with Gasteiger partial charge < -0.3 is 57.7 Å². The highest BCUT2D eigenvalue weighted by Gasteiger charge is 2.45. The number of nitrogens with one attached hydrogen (secondary N) is 6. The number of nitrogens with zero attached hydrogens (tertiary/aromatic N) is 4. The number of thiol groups is 1. The molecule has 0 aliphatic carbocycles. The highest BCUT2D eigenvalue weighted by atomic mass is 32.2. The lowest BCUT2D eigenvalue weighted by atomic mass is 10.0. The fraction of sp³-hybridized carbons (Fsp3) is 0.600. The van der Waals surface area contributed by atoms with Crippen LogP contribution in [0.5, 0.6) is 0 Å². The first-order chi connectivity index (χ1) is 30.2. The van der Waals surface area contributed by atoms with Gasteiger partial charge in [-0.25, -0.2) is 0 Å². The molecule has 8 heterocycles. The summed E-state index contributed by atoms with van der Waals surface area (Å²) in [5.41, 5.74) is 11.6. The van der Waals surface area contributed by atoms with Crippen molar-refractivity contribution in [2.45, 2.75) is 106 Å². The van der Waals surface area contributed by atoms with E-state index >= 15 is 0 Å². The number of hydrogen-bond donors (Lipinski definition) is 9. The van der Waals surface area contributed by atoms with E-state index in [4.69, 9.17) is 16.9 Å². The molecular formula is C40H56N12O8S3. The second kappa shape index (κ2) is 21.5. The van der Waals surface area contributed by atoms with Crippen LogP contribution in [0.1, 0.15) is 56.9 Å². The number of fused-ring (bicyclic) bond motifs is 4. The molecule has 8 fully saturated rings. The molecule has 10 N–H and O–H groups in total. The molecular weight excluding hydrogens is 873 g/mol. The van der Waals surface area contributed by atoms with E-state index in [1.165, 1.54) is 0 Å². The molecule has 8 amide bonds. The summed E-state index contributed by atoms with van der Waals surface area (Å²) in [6.45, 7) is 3.03. The van der Waals surface area contributed by atoms with Gasteiger partial charge >= 0.3 is 0 Å². The highest BCUT2D eigenvalue weighted by Crippen LogP contribution is 2.26. The Hall–Kier alpha value is -5.16. The Balaban J connectivity index is 0.000000141. The van der Waals surface area contributed by atoms with Crippen LogP contribution < -0.4 is 38.1 Å². The van der Waals surface area contributed by atoms with Gasteiger partial charge in [0, 0.05) is 50.7 Å². The number of amidine groups is 1. The van der Waals surface area contributed by atoms with Gasteiger partial charge in [-0.15, -0.1) is 0 Å². The number of amides is 8. The maximum absolute atomic E-state index is 12.3. The van der Waals surface area contributed by atoms with Crippen molar-refractivity contribution in [1.82, 2.24) is 46.2 Å². The van der Waals surface area contributed by atoms with Crippen LogP contribution >= 0.6 is 36.6 Å². The molecule has 8 saturated heterocycles. The number of nitrogens with two attached hydrogens (primary N) is 2. The van der Waals surface area contributed by atoms with Crippen molar-refractivity contribution in [3.8, 4) is 0 Å². The third-order valence-electron chi connectivity index (χ3n) is 12.2. The molecule has 9 rings (SSSR count). The molecule has 8 atom stereocenters. The molecule has 63 heavy (non-hydrogen) atoms. The Morgan fingerprint density at radius 3 is 1.44 bits per heavy atom. The van der Waals surface area contributed by atoms with Crippen LogP contribution in [-0.2, 0) is 44.8 Å². The molecule has 20 nitrogen and oxygen atoms in total. The average Bonchev–Trinajstić information content (AvgIpc) is 4.11. The van der Waals surface area contributed by atoms with Gasteiger partial charge in [0.05, 0.1) is 0 Å². The molecule has 0 radical (unpaired) electrons. The van der Waals surface area contributed by atoms with Crippen LogP contribution in [0.4, 0.5) is 0 Å². The predicted octanol–water partition coefficient (Wildman–Crippen LogP) is -2.46. The maximum Gasteiger partial charge on any atom is 0.247 e. The molecule has 0 aromatic heterocycles. The summed E-state index contributed by atoms with van der Waals surface area (Å²) in [6, 6.07) is 6.95. The van der Waals surface area contributed by atoms with Crippen molar-refractivity contribution in [1.29, 1.82) is 5.41 Å². The van der Waals surface area contributed by atoms with Crippen LogP contribution in [0.15, 0.2) is 30.3 Å². The van der Waals surface area contributed by atoms with Crippen molar-refractivity contribution in [2.24, 2.45) is 11.5 Å². The summed E-state index contributed by atoms with van der Waals surface area (Å²) in [7, 11) is 0. The smallest absolute Gasteiger partial charge is 0.247 e. The Bertz CT molecular complexity index is 1900. The summed E-state index contributed by atoms with van der Waals surface area (Å²) in [4.78, 5) is 101. The quantitative estimate of drug-likeness (QED) is 0.0595. The number of carbonyl (C=O) groups excluding carboxylic acids is 8. The average molecular weight is 929 g/mol. The number of thioether (sulfide) groups is 1. The van der Waals surface area contributed by atoms with Gasteiger partial charge in [-0.3, -0.25) is 43.8 Å². The van der Waals surface area contributed by atoms with Gasteiger partial charge in [-0.2, -0.15) is 12.6 Å². The van der Waals surface area contributed by atoms with Crippen LogP contribution in [0.3, 0.4) is 0 Å². The van der Waals surface area contributed by atoms with E-state index in [2.05, 4.69) is 51.4 Å². The monoisotopic (exact) mass is 928 g/mol. The Labute approximate surface area is 380 Å². The normalized spacial score (nSPS) is 29.2. The van der Waals surface area contributed by atoms with Gasteiger partial charge in [0.1, 0.15) is 48.3 Å². The summed E-state index contributed by atoms with van der Waals surface area (Å²) >= 11 is 9.76. The Morgan fingerprint density at radius 2 is 1.02 bits per heavy atom. The zero-order chi connectivity index (χ0) is 45.4. The standard InChI is InChI=1S/C14H16N2O2.2C9H14N4O2S.C8H12N2O2S/c17-13-12-7-4-8-16(12)14(18)11(15-13)9-10-5-2-1-3-6-10;10-9(11)16-4-5-8(15)13-3-1-2-6(13)7(14)12-5;10-9(16)11-4-5-8(15)13-3-1-2-6(13)7(14)12-5;11-7-6-2-1-3-10(6)8(12)5(4-13)9-7/h1-3,5-6,11-12H,4,7-9H2,(H,15,17);5-6H,1-4H2,(H3,10,11)(H,12,14);5-6H,1-4H2,(H,12,14)(H3,10,11,16);5-6,13H,1-4H2,(H,9,11)/t11-,12-;3*5-,6-/m0000/s1. The van der Waals surface area contributed by atoms with E-state index in [-0.39, 0.29) is 88.2 Å². The zero-order valence-corrected chi connectivity index (χ0v) is 37.3. The number of rotatable bonds is 7. The number of carbonyl (C=O) groups is 8. The van der Waals surface area contributed by atoms with E-state index < -0.39 is 24.2 Å². The van der Waals surface area contributed by atoms with Crippen molar-refractivity contribution < 1.29 is 38.4 Å². The third kappa shape index (κ3) is 11.3. The Kier molecular flexibility index (Phi) is 16.1. The molecule has 0 unspecified atom stereocenters. The fourth-order valence-corrected chi connectivity index (χ4v) is 9.97. The van der Waals surface area contributed by atoms with Crippen LogP contribution in [0.2, 0.25) is 0 Å². The molecule has 23 heteroatoms. The van der Waals surface area contributed by atoms with Crippen molar-refractivity contribution in [3.05, 3.63) is 35.9 Å². The minimum atomic E-state index is -0.552. The topological polar surface area (TPSA) is 286 Å². The van der Waals surface area contributed by atoms with Crippen molar-refractivity contribution in [2.75, 3.05) is 44.2 Å². The number of hydrogen-bond acceptors (Lipinski definition) is 12. The molecule has 0 bridgehead atoms. The number of thiocarbonyl (C=S) groups is 1. The largest absolute Gasteiger partial charge is 0.379 e. The minimum Gasteiger partial charge on any atom is -0.379 e. The van der Waals surface area contributed by atoms with Crippen LogP contribution in [0.25, 0.3) is 0 Å². The molecule has 0 saturated carbocycles. The van der Waals surface area contributed by atoms with Crippen LogP contribution in [-0.4, -0.2) is 170 Å². The molecule has 0 spiro atoms. The third-order valence-corrected chi connectivity index (χ3v) is 13.5. The second-order valence-electron chi connectivity index (χ2n) is 16.3. The molecule has 8 aliphatic rings. The van der Waals surface area contributed by atoms with Gasteiger partial charge in [-0.1, -0.05) is 42.1 Å². The zero-order valence-electron chi connectivity index (χ0n) is 34.8. The van der Waals surface area contributed by atoms with E-state index in [9.17, 15) is 38.4 Å². The van der Waals surface area contributed by atoms with Crippen molar-refractivity contribution in [3.63, 3.8) is 0 Å².